The van der Waals surface area contributed by atoms with Crippen LogP contribution in [-0.2, 0) is 10.0 Å². The van der Waals surface area contributed by atoms with Crippen LogP contribution in [0.4, 0.5) is 14.6 Å². The minimum absolute atomic E-state index is 0.0930. The molecule has 2 aromatic rings. The second kappa shape index (κ2) is 5.45. The molecule has 0 radical (unpaired) electrons. The summed E-state index contributed by atoms with van der Waals surface area (Å²) >= 11 is 3.24. The Morgan fingerprint density at radius 3 is 2.50 bits per heavy atom. The fourth-order valence-electron chi connectivity index (χ4n) is 1.44. The van der Waals surface area contributed by atoms with E-state index in [9.17, 15) is 17.2 Å². The Kier molecular flexibility index (Phi) is 4.05. The molecule has 0 amide bonds. The normalized spacial score (nSPS) is 11.4. The third-order valence-electron chi connectivity index (χ3n) is 2.49. The molecular formula is C12H9BrF2N2O2S. The summed E-state index contributed by atoms with van der Waals surface area (Å²) < 4.78 is 52.8. The zero-order valence-electron chi connectivity index (χ0n) is 10.2. The van der Waals surface area contributed by atoms with Gasteiger partial charge in [0.05, 0.1) is 4.90 Å². The van der Waals surface area contributed by atoms with E-state index in [1.807, 2.05) is 0 Å². The highest BCUT2D eigenvalue weighted by Gasteiger charge is 2.17. The predicted octanol–water partition coefficient (Wildman–Crippen LogP) is 3.23. The molecular weight excluding hydrogens is 354 g/mol. The molecule has 1 aromatic heterocycles. The van der Waals surface area contributed by atoms with E-state index < -0.39 is 21.7 Å². The first kappa shape index (κ1) is 14.9. The molecule has 8 heteroatoms. The fourth-order valence-corrected chi connectivity index (χ4v) is 2.66. The summed E-state index contributed by atoms with van der Waals surface area (Å²) in [4.78, 5) is 3.51. The van der Waals surface area contributed by atoms with Crippen LogP contribution in [0.5, 0.6) is 0 Å². The van der Waals surface area contributed by atoms with Crippen LogP contribution in [0.15, 0.2) is 39.8 Å². The molecule has 2 rings (SSSR count). The van der Waals surface area contributed by atoms with E-state index in [1.54, 1.807) is 6.92 Å². The third kappa shape index (κ3) is 3.13. The number of nitrogens with one attached hydrogen (secondary N) is 1. The molecule has 0 unspecified atom stereocenters. The highest BCUT2D eigenvalue weighted by molar-refractivity contribution is 9.10. The van der Waals surface area contributed by atoms with Crippen LogP contribution in [0, 0.1) is 18.6 Å². The maximum absolute atomic E-state index is 13.1. The van der Waals surface area contributed by atoms with Crippen LogP contribution in [0.1, 0.15) is 5.56 Å². The van der Waals surface area contributed by atoms with Gasteiger partial charge in [-0.3, -0.25) is 4.72 Å². The number of aryl methyl sites for hydroxylation is 1. The van der Waals surface area contributed by atoms with Gasteiger partial charge in [-0.2, -0.15) is 0 Å². The van der Waals surface area contributed by atoms with Gasteiger partial charge < -0.3 is 0 Å². The minimum Gasteiger partial charge on any atom is -0.263 e. The molecule has 0 fully saturated rings. The lowest BCUT2D eigenvalue weighted by molar-refractivity contribution is 0.504. The zero-order chi connectivity index (χ0) is 14.9. The van der Waals surface area contributed by atoms with Crippen molar-refractivity contribution in [1.82, 2.24) is 4.98 Å². The lowest BCUT2D eigenvalue weighted by Gasteiger charge is -2.08. The van der Waals surface area contributed by atoms with Crippen LogP contribution in [0.25, 0.3) is 0 Å². The monoisotopic (exact) mass is 362 g/mol. The van der Waals surface area contributed by atoms with E-state index in [0.717, 1.165) is 22.2 Å². The van der Waals surface area contributed by atoms with Gasteiger partial charge in [-0.25, -0.2) is 22.2 Å². The Morgan fingerprint density at radius 2 is 1.90 bits per heavy atom. The first-order chi connectivity index (χ1) is 9.29. The highest BCUT2D eigenvalue weighted by atomic mass is 79.9. The summed E-state index contributed by atoms with van der Waals surface area (Å²) in [6.45, 7) is 1.77. The van der Waals surface area contributed by atoms with E-state index in [0.29, 0.717) is 6.07 Å². The summed E-state index contributed by atoms with van der Waals surface area (Å²) in [5.74, 6) is -2.25. The van der Waals surface area contributed by atoms with Crippen LogP contribution >= 0.6 is 15.9 Å². The summed E-state index contributed by atoms with van der Waals surface area (Å²) in [6, 6.07) is 3.86. The molecule has 0 bridgehead atoms. The number of nitrogens with zero attached hydrogens (tertiary/aromatic N) is 1. The second-order valence-electron chi connectivity index (χ2n) is 4.00. The van der Waals surface area contributed by atoms with Gasteiger partial charge in [0, 0.05) is 10.7 Å². The molecule has 20 heavy (non-hydrogen) atoms. The van der Waals surface area contributed by atoms with E-state index in [1.165, 1.54) is 12.3 Å². The van der Waals surface area contributed by atoms with Crippen molar-refractivity contribution >= 4 is 31.8 Å². The Hall–Kier alpha value is -1.54. The maximum atomic E-state index is 13.1. The van der Waals surface area contributed by atoms with Crippen molar-refractivity contribution in [3.63, 3.8) is 0 Å². The van der Waals surface area contributed by atoms with Gasteiger partial charge in [0.15, 0.2) is 11.6 Å². The van der Waals surface area contributed by atoms with Gasteiger partial charge >= 0.3 is 0 Å². The first-order valence-electron chi connectivity index (χ1n) is 5.39. The number of benzene rings is 1. The Labute approximate surface area is 123 Å². The van der Waals surface area contributed by atoms with Crippen molar-refractivity contribution < 1.29 is 17.2 Å². The number of hydrogen-bond acceptors (Lipinski definition) is 3. The molecule has 0 aliphatic heterocycles. The molecule has 0 spiro atoms. The standard InChI is InChI=1S/C12H9BrF2N2O2S/c1-7-4-12(16-6-9(7)13)17-20(18,19)8-2-3-10(14)11(15)5-8/h2-6H,1H3,(H,16,17). The lowest BCUT2D eigenvalue weighted by Crippen LogP contribution is -2.14. The Morgan fingerprint density at radius 1 is 1.20 bits per heavy atom. The molecule has 1 N–H and O–H groups in total. The van der Waals surface area contributed by atoms with Crippen molar-refractivity contribution in [2.45, 2.75) is 11.8 Å². The van der Waals surface area contributed by atoms with Crippen LogP contribution < -0.4 is 4.72 Å². The molecule has 4 nitrogen and oxygen atoms in total. The predicted molar refractivity (Wildman–Crippen MR) is 73.8 cm³/mol. The van der Waals surface area contributed by atoms with Crippen LogP contribution in [-0.4, -0.2) is 13.4 Å². The average molecular weight is 363 g/mol. The summed E-state index contributed by atoms with van der Waals surface area (Å²) in [5, 5.41) is 0. The van der Waals surface area contributed by atoms with Crippen molar-refractivity contribution in [2.24, 2.45) is 0 Å². The number of hydrogen-bond donors (Lipinski definition) is 1. The van der Waals surface area contributed by atoms with Gasteiger partial charge in [0.25, 0.3) is 10.0 Å². The van der Waals surface area contributed by atoms with E-state index in [-0.39, 0.29) is 10.7 Å². The molecule has 106 valence electrons. The zero-order valence-corrected chi connectivity index (χ0v) is 12.6. The second-order valence-corrected chi connectivity index (χ2v) is 6.54. The van der Waals surface area contributed by atoms with Crippen molar-refractivity contribution in [1.29, 1.82) is 0 Å². The topological polar surface area (TPSA) is 59.1 Å². The Bertz CT molecular complexity index is 766. The van der Waals surface area contributed by atoms with Gasteiger partial charge in [-0.1, -0.05) is 0 Å². The number of rotatable bonds is 3. The van der Waals surface area contributed by atoms with E-state index in [2.05, 4.69) is 25.6 Å². The van der Waals surface area contributed by atoms with Crippen LogP contribution in [0.2, 0.25) is 0 Å². The smallest absolute Gasteiger partial charge is 0.263 e. The summed E-state index contributed by atoms with van der Waals surface area (Å²) in [6.07, 6.45) is 1.44. The summed E-state index contributed by atoms with van der Waals surface area (Å²) in [5.41, 5.74) is 0.781. The molecule has 0 aliphatic rings. The molecule has 1 heterocycles. The molecule has 0 aliphatic carbocycles. The quantitative estimate of drug-likeness (QED) is 0.911. The number of aromatic nitrogens is 1. The van der Waals surface area contributed by atoms with Gasteiger partial charge in [-0.15, -0.1) is 0 Å². The third-order valence-corrected chi connectivity index (χ3v) is 4.67. The number of halogens is 3. The molecule has 1 aromatic carbocycles. The van der Waals surface area contributed by atoms with Crippen molar-refractivity contribution in [2.75, 3.05) is 4.72 Å². The number of anilines is 1. The fraction of sp³-hybridized carbons (Fsp3) is 0.0833. The van der Waals surface area contributed by atoms with Gasteiger partial charge in [0.1, 0.15) is 5.82 Å². The first-order valence-corrected chi connectivity index (χ1v) is 7.67. The van der Waals surface area contributed by atoms with Crippen molar-refractivity contribution in [3.05, 3.63) is 52.1 Å². The molecule has 0 saturated heterocycles. The largest absolute Gasteiger partial charge is 0.263 e. The SMILES string of the molecule is Cc1cc(NS(=O)(=O)c2ccc(F)c(F)c2)ncc1Br. The summed E-state index contributed by atoms with van der Waals surface area (Å²) in [7, 11) is -4.02. The number of pyridine rings is 1. The van der Waals surface area contributed by atoms with E-state index in [4.69, 9.17) is 0 Å². The minimum atomic E-state index is -4.02. The average Bonchev–Trinajstić information content (AvgIpc) is 2.37. The van der Waals surface area contributed by atoms with Crippen LogP contribution in [0.3, 0.4) is 0 Å². The van der Waals surface area contributed by atoms with Gasteiger partial charge in [0.2, 0.25) is 0 Å². The number of sulfonamides is 1. The lowest BCUT2D eigenvalue weighted by atomic mass is 10.3. The maximum Gasteiger partial charge on any atom is 0.263 e. The van der Waals surface area contributed by atoms with Crippen molar-refractivity contribution in [3.8, 4) is 0 Å². The highest BCUT2D eigenvalue weighted by Crippen LogP contribution is 2.20. The molecule has 0 atom stereocenters. The Balaban J connectivity index is 2.35. The van der Waals surface area contributed by atoms with E-state index >= 15 is 0 Å². The molecule has 0 saturated carbocycles. The van der Waals surface area contributed by atoms with Gasteiger partial charge in [-0.05, 0) is 52.7 Å².